The minimum Gasteiger partial charge on any atom is -0.281 e. The van der Waals surface area contributed by atoms with Crippen LogP contribution in [0.4, 0.5) is 4.39 Å². The van der Waals surface area contributed by atoms with Gasteiger partial charge in [-0.15, -0.1) is 0 Å². The van der Waals surface area contributed by atoms with Crippen LogP contribution < -0.4 is 0 Å². The average Bonchev–Trinajstić information content (AvgIpc) is 1.66. The van der Waals surface area contributed by atoms with Gasteiger partial charge in [-0.05, 0) is 24.4 Å². The van der Waals surface area contributed by atoms with E-state index in [0.717, 1.165) is 0 Å². The summed E-state index contributed by atoms with van der Waals surface area (Å²) >= 11 is 4.95. The van der Waals surface area contributed by atoms with Crippen LogP contribution >= 0.6 is 11.6 Å². The monoisotopic (exact) mass is 138 g/mol. The first-order valence-electron chi connectivity index (χ1n) is 2.51. The molecule has 0 saturated heterocycles. The molecule has 0 aromatic carbocycles. The van der Waals surface area contributed by atoms with Gasteiger partial charge >= 0.3 is 0 Å². The third kappa shape index (κ3) is 5.89. The molecule has 0 fully saturated rings. The summed E-state index contributed by atoms with van der Waals surface area (Å²) in [4.78, 5) is 9.96. The highest BCUT2D eigenvalue weighted by Crippen LogP contribution is 1.98. The molecule has 0 spiro atoms. The highest BCUT2D eigenvalue weighted by atomic mass is 35.5. The Kier molecular flexibility index (Phi) is 4.97. The second-order valence-electron chi connectivity index (χ2n) is 1.50. The highest BCUT2D eigenvalue weighted by Gasteiger charge is 1.93. The zero-order valence-corrected chi connectivity index (χ0v) is 5.25. The van der Waals surface area contributed by atoms with E-state index >= 15 is 0 Å². The van der Waals surface area contributed by atoms with Crippen molar-refractivity contribution in [1.29, 1.82) is 0 Å². The van der Waals surface area contributed by atoms with Crippen molar-refractivity contribution in [2.24, 2.45) is 0 Å². The Labute approximate surface area is 52.8 Å². The van der Waals surface area contributed by atoms with E-state index in [9.17, 15) is 9.18 Å². The average molecular weight is 139 g/mol. The van der Waals surface area contributed by atoms with Crippen LogP contribution in [0.15, 0.2) is 0 Å². The second-order valence-corrected chi connectivity index (χ2v) is 1.92. The quantitative estimate of drug-likeness (QED) is 0.428. The molecule has 3 heteroatoms. The topological polar surface area (TPSA) is 17.1 Å². The first-order chi connectivity index (χ1) is 3.77. The lowest BCUT2D eigenvalue weighted by Gasteiger charge is -1.87. The van der Waals surface area contributed by atoms with Gasteiger partial charge < -0.3 is 0 Å². The van der Waals surface area contributed by atoms with Gasteiger partial charge in [0.25, 0.3) is 0 Å². The zero-order chi connectivity index (χ0) is 6.41. The van der Waals surface area contributed by atoms with Crippen molar-refractivity contribution in [3.05, 3.63) is 0 Å². The van der Waals surface area contributed by atoms with E-state index in [4.69, 9.17) is 11.6 Å². The Morgan fingerprint density at radius 3 is 2.50 bits per heavy atom. The van der Waals surface area contributed by atoms with E-state index in [2.05, 4.69) is 0 Å². The Bertz CT molecular complexity index is 74.8. The summed E-state index contributed by atoms with van der Waals surface area (Å²) in [5, 5.41) is -0.376. The summed E-state index contributed by atoms with van der Waals surface area (Å²) in [6.07, 6.45) is 1.31. The number of carbonyl (C=O) groups is 1. The lowest BCUT2D eigenvalue weighted by atomic mass is 10.3. The van der Waals surface area contributed by atoms with Crippen LogP contribution in [-0.4, -0.2) is 11.9 Å². The number of halogens is 2. The molecular weight excluding hydrogens is 131 g/mol. The number of carbonyl (C=O) groups excluding carboxylic acids is 1. The van der Waals surface area contributed by atoms with Crippen molar-refractivity contribution in [3.63, 3.8) is 0 Å². The molecule has 0 heterocycles. The lowest BCUT2D eigenvalue weighted by molar-refractivity contribution is -0.111. The van der Waals surface area contributed by atoms with Gasteiger partial charge in [-0.2, -0.15) is 0 Å². The third-order valence-corrected chi connectivity index (χ3v) is 0.946. The maximum Gasteiger partial charge on any atom is 0.221 e. The van der Waals surface area contributed by atoms with E-state index in [1.165, 1.54) is 0 Å². The van der Waals surface area contributed by atoms with E-state index in [1.807, 2.05) is 0 Å². The molecule has 0 saturated carbocycles. The van der Waals surface area contributed by atoms with Gasteiger partial charge in [0.2, 0.25) is 5.24 Å². The number of hydrogen-bond donors (Lipinski definition) is 0. The van der Waals surface area contributed by atoms with Crippen molar-refractivity contribution >= 4 is 16.8 Å². The molecule has 0 aromatic rings. The van der Waals surface area contributed by atoms with Gasteiger partial charge in [-0.25, -0.2) is 0 Å². The second kappa shape index (κ2) is 5.04. The molecule has 0 aliphatic rings. The van der Waals surface area contributed by atoms with E-state index in [1.54, 1.807) is 0 Å². The summed E-state index contributed by atoms with van der Waals surface area (Å²) in [6, 6.07) is 0. The van der Waals surface area contributed by atoms with Crippen molar-refractivity contribution in [2.45, 2.75) is 19.3 Å². The van der Waals surface area contributed by atoms with Crippen LogP contribution in [0.2, 0.25) is 0 Å². The first-order valence-corrected chi connectivity index (χ1v) is 2.89. The molecule has 0 N–H and O–H groups in total. The van der Waals surface area contributed by atoms with Crippen molar-refractivity contribution in [2.75, 3.05) is 6.67 Å². The molecule has 0 amide bonds. The minimum atomic E-state index is -0.376. The predicted octanol–water partition coefficient (Wildman–Crippen LogP) is 1.89. The van der Waals surface area contributed by atoms with Crippen LogP contribution in [0.5, 0.6) is 0 Å². The first kappa shape index (κ1) is 7.89. The van der Waals surface area contributed by atoms with Crippen molar-refractivity contribution in [1.82, 2.24) is 0 Å². The Balaban J connectivity index is 2.82. The molecule has 8 heavy (non-hydrogen) atoms. The predicted molar refractivity (Wildman–Crippen MR) is 30.7 cm³/mol. The molecule has 0 rings (SSSR count). The van der Waals surface area contributed by atoms with Crippen molar-refractivity contribution in [3.8, 4) is 0 Å². The largest absolute Gasteiger partial charge is 0.281 e. The van der Waals surface area contributed by atoms with Gasteiger partial charge in [0.05, 0.1) is 6.67 Å². The maximum atomic E-state index is 11.3. The molecule has 0 aliphatic heterocycles. The SMILES string of the molecule is O=C(Cl)CCCCF. The van der Waals surface area contributed by atoms with Gasteiger partial charge in [-0.1, -0.05) is 0 Å². The number of rotatable bonds is 4. The molecule has 0 unspecified atom stereocenters. The number of unbranched alkanes of at least 4 members (excludes halogenated alkanes) is 1. The normalized spacial score (nSPS) is 9.25. The lowest BCUT2D eigenvalue weighted by Crippen LogP contribution is -1.85. The number of hydrogen-bond acceptors (Lipinski definition) is 1. The highest BCUT2D eigenvalue weighted by molar-refractivity contribution is 6.63. The van der Waals surface area contributed by atoms with E-state index in [0.29, 0.717) is 19.3 Å². The molecule has 0 radical (unpaired) electrons. The maximum absolute atomic E-state index is 11.3. The van der Waals surface area contributed by atoms with E-state index in [-0.39, 0.29) is 11.9 Å². The van der Waals surface area contributed by atoms with Crippen LogP contribution in [0.25, 0.3) is 0 Å². The molecular formula is C5H8ClFO. The Morgan fingerprint density at radius 1 is 1.50 bits per heavy atom. The van der Waals surface area contributed by atoms with Crippen molar-refractivity contribution < 1.29 is 9.18 Å². The molecule has 1 nitrogen and oxygen atoms in total. The van der Waals surface area contributed by atoms with Crippen LogP contribution in [0.1, 0.15) is 19.3 Å². The van der Waals surface area contributed by atoms with Gasteiger partial charge in [0.1, 0.15) is 0 Å². The molecule has 0 bridgehead atoms. The number of alkyl halides is 1. The fourth-order valence-electron chi connectivity index (χ4n) is 0.358. The summed E-state index contributed by atoms with van der Waals surface area (Å²) in [5.74, 6) is 0. The molecule has 0 atom stereocenters. The zero-order valence-electron chi connectivity index (χ0n) is 4.49. The molecule has 0 aromatic heterocycles. The van der Waals surface area contributed by atoms with Gasteiger partial charge in [-0.3, -0.25) is 9.18 Å². The summed E-state index contributed by atoms with van der Waals surface area (Å²) < 4.78 is 11.3. The fraction of sp³-hybridized carbons (Fsp3) is 0.800. The Hall–Kier alpha value is -0.110. The van der Waals surface area contributed by atoms with E-state index < -0.39 is 0 Å². The summed E-state index contributed by atoms with van der Waals surface area (Å²) in [6.45, 7) is -0.357. The van der Waals surface area contributed by atoms with Gasteiger partial charge in [0.15, 0.2) is 0 Å². The smallest absolute Gasteiger partial charge is 0.221 e. The third-order valence-electron chi connectivity index (χ3n) is 0.757. The molecule has 48 valence electrons. The Morgan fingerprint density at radius 2 is 2.12 bits per heavy atom. The minimum absolute atomic E-state index is 0.297. The summed E-state index contributed by atoms with van der Waals surface area (Å²) in [5.41, 5.74) is 0. The standard InChI is InChI=1S/C5H8ClFO/c6-5(8)3-1-2-4-7/h1-4H2. The fourth-order valence-corrected chi connectivity index (χ4v) is 0.492. The van der Waals surface area contributed by atoms with Gasteiger partial charge in [0, 0.05) is 6.42 Å². The van der Waals surface area contributed by atoms with Crippen LogP contribution in [0, 0.1) is 0 Å². The molecule has 0 aliphatic carbocycles. The summed E-state index contributed by atoms with van der Waals surface area (Å²) in [7, 11) is 0. The van der Waals surface area contributed by atoms with Crippen LogP contribution in [-0.2, 0) is 4.79 Å². The van der Waals surface area contributed by atoms with Crippen LogP contribution in [0.3, 0.4) is 0 Å².